The Labute approximate surface area is 173 Å². The highest BCUT2D eigenvalue weighted by Gasteiger charge is 2.21. The number of hydrogen-bond donors (Lipinski definition) is 1. The maximum atomic E-state index is 11.9. The Hall–Kier alpha value is -3.68. The first-order valence-electron chi connectivity index (χ1n) is 9.57. The Kier molecular flexibility index (Phi) is 6.03. The molecule has 8 heteroatoms. The lowest BCUT2D eigenvalue weighted by Crippen LogP contribution is -2.42. The number of rotatable bonds is 6. The highest BCUT2D eigenvalue weighted by Crippen LogP contribution is 2.31. The predicted octanol–water partition coefficient (Wildman–Crippen LogP) is 1.97. The molecule has 0 fully saturated rings. The molecule has 8 nitrogen and oxygen atoms in total. The topological polar surface area (TPSA) is 92.3 Å². The van der Waals surface area contributed by atoms with Crippen LogP contribution in [0, 0.1) is 0 Å². The van der Waals surface area contributed by atoms with Gasteiger partial charge in [0, 0.05) is 6.08 Å². The van der Waals surface area contributed by atoms with Gasteiger partial charge in [0.1, 0.15) is 25.9 Å². The molecule has 4 rings (SSSR count). The lowest BCUT2D eigenvalue weighted by Gasteiger charge is -2.26. The molecule has 1 N–H and O–H groups in total. The molecule has 0 bridgehead atoms. The number of amides is 1. The van der Waals surface area contributed by atoms with Crippen LogP contribution < -0.4 is 24.3 Å². The van der Waals surface area contributed by atoms with Crippen LogP contribution in [-0.4, -0.2) is 51.0 Å². The van der Waals surface area contributed by atoms with E-state index in [1.165, 1.54) is 6.08 Å². The van der Waals surface area contributed by atoms with Crippen LogP contribution >= 0.6 is 0 Å². The fraction of sp³-hybridized carbons (Fsp3) is 0.273. The van der Waals surface area contributed by atoms with Crippen molar-refractivity contribution in [3.05, 3.63) is 54.1 Å². The summed E-state index contributed by atoms with van der Waals surface area (Å²) in [6.07, 6.45) is 2.53. The van der Waals surface area contributed by atoms with Crippen molar-refractivity contribution in [2.75, 3.05) is 33.0 Å². The average Bonchev–Trinajstić information content (AvgIpc) is 2.79. The van der Waals surface area contributed by atoms with Crippen molar-refractivity contribution in [3.63, 3.8) is 0 Å². The monoisotopic (exact) mass is 411 g/mol. The molecule has 0 spiro atoms. The van der Waals surface area contributed by atoms with Crippen molar-refractivity contribution in [2.24, 2.45) is 0 Å². The molecule has 0 unspecified atom stereocenters. The van der Waals surface area contributed by atoms with Crippen LogP contribution in [-0.2, 0) is 14.3 Å². The number of fused-ring (bicyclic) bond motifs is 2. The van der Waals surface area contributed by atoms with Gasteiger partial charge in [0.2, 0.25) is 0 Å². The highest BCUT2D eigenvalue weighted by atomic mass is 16.6. The summed E-state index contributed by atoms with van der Waals surface area (Å²) < 4.78 is 27.3. The highest BCUT2D eigenvalue weighted by molar-refractivity contribution is 5.89. The molecular weight excluding hydrogens is 390 g/mol. The van der Waals surface area contributed by atoms with E-state index in [-0.39, 0.29) is 19.3 Å². The van der Waals surface area contributed by atoms with Gasteiger partial charge in [0.25, 0.3) is 5.91 Å². The van der Waals surface area contributed by atoms with E-state index in [0.717, 1.165) is 5.56 Å². The molecule has 0 aromatic heterocycles. The van der Waals surface area contributed by atoms with Gasteiger partial charge < -0.3 is 29.0 Å². The molecule has 1 atom stereocenters. The van der Waals surface area contributed by atoms with Gasteiger partial charge in [-0.3, -0.25) is 4.79 Å². The second-order valence-corrected chi connectivity index (χ2v) is 6.65. The minimum Gasteiger partial charge on any atom is -0.486 e. The minimum atomic E-state index is -0.619. The molecule has 1 amide bonds. The predicted molar refractivity (Wildman–Crippen MR) is 107 cm³/mol. The third-order valence-electron chi connectivity index (χ3n) is 4.42. The van der Waals surface area contributed by atoms with Crippen LogP contribution in [0.25, 0.3) is 6.08 Å². The summed E-state index contributed by atoms with van der Waals surface area (Å²) in [6.45, 7) is 1.20. The number of nitrogens with one attached hydrogen (secondary N) is 1. The molecule has 2 aromatic carbocycles. The van der Waals surface area contributed by atoms with Gasteiger partial charge in [-0.25, -0.2) is 4.79 Å². The van der Waals surface area contributed by atoms with Gasteiger partial charge in [-0.05, 0) is 35.9 Å². The van der Waals surface area contributed by atoms with Crippen LogP contribution in [0.1, 0.15) is 5.56 Å². The lowest BCUT2D eigenvalue weighted by molar-refractivity contribution is -0.143. The van der Waals surface area contributed by atoms with E-state index in [0.29, 0.717) is 42.8 Å². The van der Waals surface area contributed by atoms with Crippen molar-refractivity contribution >= 4 is 18.0 Å². The number of benzene rings is 2. The lowest BCUT2D eigenvalue weighted by atomic mass is 10.2. The molecular formula is C22H21NO7. The van der Waals surface area contributed by atoms with Crippen LogP contribution in [0.3, 0.4) is 0 Å². The first-order valence-corrected chi connectivity index (χ1v) is 9.57. The van der Waals surface area contributed by atoms with E-state index in [4.69, 9.17) is 23.7 Å². The summed E-state index contributed by atoms with van der Waals surface area (Å²) in [5.74, 6) is 1.59. The molecule has 0 saturated heterocycles. The van der Waals surface area contributed by atoms with Gasteiger partial charge in [-0.1, -0.05) is 18.2 Å². The number of carbonyl (C=O) groups is 2. The van der Waals surface area contributed by atoms with Crippen LogP contribution in [0.5, 0.6) is 23.0 Å². The molecule has 30 heavy (non-hydrogen) atoms. The number of esters is 1. The fourth-order valence-corrected chi connectivity index (χ4v) is 2.96. The molecule has 2 aliphatic heterocycles. The van der Waals surface area contributed by atoms with Crippen molar-refractivity contribution in [1.29, 1.82) is 0 Å². The summed E-state index contributed by atoms with van der Waals surface area (Å²) in [5.41, 5.74) is 0.760. The van der Waals surface area contributed by atoms with Gasteiger partial charge >= 0.3 is 5.97 Å². The van der Waals surface area contributed by atoms with Crippen molar-refractivity contribution < 1.29 is 33.3 Å². The van der Waals surface area contributed by atoms with E-state index in [1.54, 1.807) is 30.3 Å². The molecule has 2 aliphatic rings. The Morgan fingerprint density at radius 2 is 1.77 bits per heavy atom. The Balaban J connectivity index is 1.19. The number of hydrogen-bond acceptors (Lipinski definition) is 7. The smallest absolute Gasteiger partial charge is 0.331 e. The van der Waals surface area contributed by atoms with E-state index in [2.05, 4.69) is 5.32 Å². The first-order chi connectivity index (χ1) is 14.7. The Morgan fingerprint density at radius 3 is 2.63 bits per heavy atom. The van der Waals surface area contributed by atoms with Crippen molar-refractivity contribution in [3.8, 4) is 23.0 Å². The zero-order valence-corrected chi connectivity index (χ0v) is 16.2. The third-order valence-corrected chi connectivity index (χ3v) is 4.42. The SMILES string of the molecule is O=C(COC(=O)/C=C/c1ccc2c(c1)OCCO2)NC[C@@H]1COc2ccccc2O1. The molecule has 156 valence electrons. The van der Waals surface area contributed by atoms with Gasteiger partial charge in [-0.15, -0.1) is 0 Å². The first kappa shape index (κ1) is 19.6. The fourth-order valence-electron chi connectivity index (χ4n) is 2.96. The number of ether oxygens (including phenoxy) is 5. The minimum absolute atomic E-state index is 0.248. The second-order valence-electron chi connectivity index (χ2n) is 6.65. The average molecular weight is 411 g/mol. The number of para-hydroxylation sites is 2. The molecule has 2 heterocycles. The summed E-state index contributed by atoms with van der Waals surface area (Å²) in [4.78, 5) is 23.8. The Bertz CT molecular complexity index is 956. The van der Waals surface area contributed by atoms with E-state index in [1.807, 2.05) is 18.2 Å². The quantitative estimate of drug-likeness (QED) is 0.574. The van der Waals surface area contributed by atoms with Crippen molar-refractivity contribution in [1.82, 2.24) is 5.32 Å². The van der Waals surface area contributed by atoms with E-state index < -0.39 is 11.9 Å². The van der Waals surface area contributed by atoms with Gasteiger partial charge in [0.15, 0.2) is 29.6 Å². The van der Waals surface area contributed by atoms with E-state index in [9.17, 15) is 9.59 Å². The maximum Gasteiger partial charge on any atom is 0.331 e. The van der Waals surface area contributed by atoms with Crippen LogP contribution in [0.4, 0.5) is 0 Å². The maximum absolute atomic E-state index is 11.9. The van der Waals surface area contributed by atoms with Crippen LogP contribution in [0.2, 0.25) is 0 Å². The summed E-state index contributed by atoms with van der Waals surface area (Å²) >= 11 is 0. The molecule has 0 saturated carbocycles. The molecule has 2 aromatic rings. The molecule has 0 aliphatic carbocycles. The molecule has 0 radical (unpaired) electrons. The third kappa shape index (κ3) is 5.02. The summed E-state index contributed by atoms with van der Waals surface area (Å²) in [6, 6.07) is 12.7. The summed E-state index contributed by atoms with van der Waals surface area (Å²) in [7, 11) is 0. The normalized spacial score (nSPS) is 16.7. The Morgan fingerprint density at radius 1 is 1.00 bits per heavy atom. The second kappa shape index (κ2) is 9.21. The standard InChI is InChI=1S/C22H21NO7/c24-21(23-12-16-13-28-17-3-1-2-4-19(17)30-16)14-29-22(25)8-6-15-5-7-18-20(11-15)27-10-9-26-18/h1-8,11,16H,9-10,12-14H2,(H,23,24)/b8-6+/t16-/m1/s1. The largest absolute Gasteiger partial charge is 0.486 e. The zero-order valence-electron chi connectivity index (χ0n) is 16.2. The summed E-state index contributed by atoms with van der Waals surface area (Å²) in [5, 5.41) is 2.67. The van der Waals surface area contributed by atoms with Crippen molar-refractivity contribution in [2.45, 2.75) is 6.10 Å². The van der Waals surface area contributed by atoms with Crippen LogP contribution in [0.15, 0.2) is 48.5 Å². The number of carbonyl (C=O) groups excluding carboxylic acids is 2. The van der Waals surface area contributed by atoms with E-state index >= 15 is 0 Å². The van der Waals surface area contributed by atoms with Gasteiger partial charge in [0.05, 0.1) is 6.54 Å². The zero-order chi connectivity index (χ0) is 20.8. The van der Waals surface area contributed by atoms with Gasteiger partial charge in [-0.2, -0.15) is 0 Å².